The predicted octanol–water partition coefficient (Wildman–Crippen LogP) is 4.43. The number of thiocarbonyl (C=S) groups is 1. The maximum absolute atomic E-state index is 13.1. The second kappa shape index (κ2) is 7.99. The van der Waals surface area contributed by atoms with Crippen LogP contribution in [-0.4, -0.2) is 4.99 Å². The summed E-state index contributed by atoms with van der Waals surface area (Å²) < 4.78 is 2.30. The van der Waals surface area contributed by atoms with E-state index in [2.05, 4.69) is 5.32 Å². The molecular formula is C20H17ClN2OS2. The molecule has 0 saturated heterocycles. The van der Waals surface area contributed by atoms with Crippen LogP contribution in [0.5, 0.6) is 0 Å². The molecule has 0 bridgehead atoms. The number of pyridine rings is 1. The molecule has 132 valence electrons. The van der Waals surface area contributed by atoms with Gasteiger partial charge in [0.1, 0.15) is 0 Å². The van der Waals surface area contributed by atoms with Crippen molar-refractivity contribution in [2.75, 3.05) is 5.32 Å². The highest BCUT2D eigenvalue weighted by molar-refractivity contribution is 7.81. The molecule has 0 amide bonds. The van der Waals surface area contributed by atoms with Gasteiger partial charge in [0.25, 0.3) is 0 Å². The second-order valence-electron chi connectivity index (χ2n) is 5.77. The van der Waals surface area contributed by atoms with E-state index in [9.17, 15) is 5.11 Å². The first-order chi connectivity index (χ1) is 12.5. The molecule has 0 atom stereocenters. The Balaban J connectivity index is 2.06. The summed E-state index contributed by atoms with van der Waals surface area (Å²) in [4.78, 5) is 0.913. The minimum atomic E-state index is -0.166. The zero-order chi connectivity index (χ0) is 18.7. The Morgan fingerprint density at radius 1 is 1.08 bits per heavy atom. The van der Waals surface area contributed by atoms with Crippen LogP contribution in [0.4, 0.5) is 5.69 Å². The van der Waals surface area contributed by atoms with Crippen molar-refractivity contribution >= 4 is 57.3 Å². The van der Waals surface area contributed by atoms with E-state index in [1.54, 1.807) is 29.1 Å². The van der Waals surface area contributed by atoms with E-state index >= 15 is 0 Å². The topological polar surface area (TPSA) is 39.0 Å². The van der Waals surface area contributed by atoms with Crippen molar-refractivity contribution in [3.8, 4) is 0 Å². The number of thiophene rings is 1. The minimum Gasteiger partial charge on any atom is -0.867 e. The number of hydrogen-bond acceptors (Lipinski definition) is 3. The number of aryl methyl sites for hydroxylation is 1. The van der Waals surface area contributed by atoms with Gasteiger partial charge in [-0.1, -0.05) is 42.0 Å². The second-order valence-corrected chi connectivity index (χ2v) is 7.89. The van der Waals surface area contributed by atoms with Crippen LogP contribution in [0.2, 0.25) is 4.34 Å². The molecule has 3 rings (SSSR count). The molecule has 1 N–H and O–H groups in total. The normalized spacial score (nSPS) is 11.8. The fourth-order valence-electron chi connectivity index (χ4n) is 2.51. The molecule has 2 aromatic heterocycles. The van der Waals surface area contributed by atoms with Crippen molar-refractivity contribution in [1.82, 2.24) is 0 Å². The van der Waals surface area contributed by atoms with E-state index in [1.165, 1.54) is 11.3 Å². The fraction of sp³-hybridized carbons (Fsp3) is 0.100. The third-order valence-corrected chi connectivity index (χ3v) is 5.58. The predicted molar refractivity (Wildman–Crippen MR) is 111 cm³/mol. The summed E-state index contributed by atoms with van der Waals surface area (Å²) in [5.74, 6) is -0.166. The van der Waals surface area contributed by atoms with Gasteiger partial charge < -0.3 is 10.4 Å². The Labute approximate surface area is 167 Å². The maximum atomic E-state index is 13.1. The molecule has 1 aromatic carbocycles. The maximum Gasteiger partial charge on any atom is 0.239 e. The smallest absolute Gasteiger partial charge is 0.239 e. The quantitative estimate of drug-likeness (QED) is 0.305. The lowest BCUT2D eigenvalue weighted by Crippen LogP contribution is -2.39. The number of nitrogens with one attached hydrogen (secondary N) is 1. The summed E-state index contributed by atoms with van der Waals surface area (Å²) in [7, 11) is 0. The van der Waals surface area contributed by atoms with Gasteiger partial charge >= 0.3 is 0 Å². The number of aromatic nitrogens is 1. The first kappa shape index (κ1) is 18.6. The third-order valence-electron chi connectivity index (χ3n) is 4.05. The molecule has 0 aliphatic carbocycles. The van der Waals surface area contributed by atoms with E-state index < -0.39 is 0 Å². The van der Waals surface area contributed by atoms with Gasteiger partial charge in [-0.05, 0) is 48.9 Å². The molecular weight excluding hydrogens is 384 g/mol. The SMILES string of the molecule is Cc1cccc(NC(=S)C(=C([O-])c2ccc(Cl)s2)[n+]2ccccc2)c1C. The number of anilines is 1. The van der Waals surface area contributed by atoms with Crippen molar-refractivity contribution in [3.63, 3.8) is 0 Å². The lowest BCUT2D eigenvalue weighted by molar-refractivity contribution is -0.577. The summed E-state index contributed by atoms with van der Waals surface area (Å²) in [5, 5.41) is 16.3. The van der Waals surface area contributed by atoms with Crippen LogP contribution >= 0.6 is 35.2 Å². The molecule has 0 saturated carbocycles. The van der Waals surface area contributed by atoms with Crippen molar-refractivity contribution in [2.45, 2.75) is 13.8 Å². The van der Waals surface area contributed by atoms with Crippen molar-refractivity contribution in [3.05, 3.63) is 81.3 Å². The molecule has 26 heavy (non-hydrogen) atoms. The van der Waals surface area contributed by atoms with E-state index in [1.807, 2.05) is 50.2 Å². The number of halogens is 1. The Morgan fingerprint density at radius 2 is 1.81 bits per heavy atom. The van der Waals surface area contributed by atoms with Gasteiger partial charge in [0.15, 0.2) is 17.4 Å². The van der Waals surface area contributed by atoms with Crippen LogP contribution in [0, 0.1) is 13.8 Å². The van der Waals surface area contributed by atoms with Crippen LogP contribution in [0.15, 0.2) is 60.9 Å². The van der Waals surface area contributed by atoms with E-state index in [0.29, 0.717) is 19.9 Å². The average molecular weight is 401 g/mol. The molecule has 0 spiro atoms. The molecule has 0 aliphatic heterocycles. The molecule has 0 radical (unpaired) electrons. The molecule has 0 fully saturated rings. The van der Waals surface area contributed by atoms with Gasteiger partial charge in [-0.15, -0.1) is 11.3 Å². The van der Waals surface area contributed by atoms with Crippen LogP contribution < -0.4 is 15.0 Å². The third kappa shape index (κ3) is 3.96. The van der Waals surface area contributed by atoms with Crippen LogP contribution in [0.1, 0.15) is 16.0 Å². The minimum absolute atomic E-state index is 0.166. The van der Waals surface area contributed by atoms with Gasteiger partial charge in [0.2, 0.25) is 5.70 Å². The van der Waals surface area contributed by atoms with Crippen molar-refractivity contribution in [2.24, 2.45) is 0 Å². The molecule has 0 unspecified atom stereocenters. The van der Waals surface area contributed by atoms with Gasteiger partial charge in [0, 0.05) is 22.7 Å². The number of rotatable bonds is 4. The Morgan fingerprint density at radius 3 is 2.46 bits per heavy atom. The summed E-state index contributed by atoms with van der Waals surface area (Å²) in [6.45, 7) is 4.06. The van der Waals surface area contributed by atoms with Gasteiger partial charge in [-0.25, -0.2) is 0 Å². The van der Waals surface area contributed by atoms with Gasteiger partial charge in [-0.3, -0.25) is 0 Å². The summed E-state index contributed by atoms with van der Waals surface area (Å²) in [6, 6.07) is 15.0. The zero-order valence-electron chi connectivity index (χ0n) is 14.3. The van der Waals surface area contributed by atoms with Crippen molar-refractivity contribution in [1.29, 1.82) is 0 Å². The van der Waals surface area contributed by atoms with Crippen LogP contribution in [0.25, 0.3) is 11.5 Å². The largest absolute Gasteiger partial charge is 0.867 e. The lowest BCUT2D eigenvalue weighted by atomic mass is 10.1. The molecule has 0 aliphatic rings. The Bertz CT molecular complexity index is 980. The zero-order valence-corrected chi connectivity index (χ0v) is 16.7. The van der Waals surface area contributed by atoms with Crippen LogP contribution in [0.3, 0.4) is 0 Å². The van der Waals surface area contributed by atoms with Crippen LogP contribution in [-0.2, 0) is 0 Å². The van der Waals surface area contributed by atoms with Crippen molar-refractivity contribution < 1.29 is 9.67 Å². The first-order valence-electron chi connectivity index (χ1n) is 7.98. The average Bonchev–Trinajstić information content (AvgIpc) is 3.06. The number of hydrogen-bond donors (Lipinski definition) is 1. The monoisotopic (exact) mass is 400 g/mol. The van der Waals surface area contributed by atoms with E-state index in [-0.39, 0.29) is 5.76 Å². The molecule has 3 aromatic rings. The molecule has 3 nitrogen and oxygen atoms in total. The summed E-state index contributed by atoms with van der Waals surface area (Å²) >= 11 is 12.9. The Kier molecular flexibility index (Phi) is 5.71. The standard InChI is InChI=1S/C20H17ClN2OS2/c1-13-7-6-8-15(14(13)2)22-20(25)18(23-11-4-3-5-12-23)19(24)16-9-10-17(21)26-16/h3-12H,1-2H3,(H-,22,24,25). The first-order valence-corrected chi connectivity index (χ1v) is 9.59. The highest BCUT2D eigenvalue weighted by Crippen LogP contribution is 2.27. The number of benzene rings is 1. The van der Waals surface area contributed by atoms with Gasteiger partial charge in [-0.2, -0.15) is 4.57 Å². The van der Waals surface area contributed by atoms with Gasteiger partial charge in [0.05, 0.1) is 4.34 Å². The highest BCUT2D eigenvalue weighted by atomic mass is 35.5. The summed E-state index contributed by atoms with van der Waals surface area (Å²) in [6.07, 6.45) is 3.61. The highest BCUT2D eigenvalue weighted by Gasteiger charge is 2.20. The van der Waals surface area contributed by atoms with E-state index in [0.717, 1.165) is 16.8 Å². The molecule has 6 heteroatoms. The number of nitrogens with zero attached hydrogens (tertiary/aromatic N) is 1. The Hall–Kier alpha value is -2.21. The van der Waals surface area contributed by atoms with E-state index in [4.69, 9.17) is 23.8 Å². The molecule has 2 heterocycles. The lowest BCUT2D eigenvalue weighted by Gasteiger charge is -2.16. The summed E-state index contributed by atoms with van der Waals surface area (Å²) in [5.41, 5.74) is 3.53. The fourth-order valence-corrected chi connectivity index (χ4v) is 3.80.